The molecule has 0 spiro atoms. The van der Waals surface area contributed by atoms with Crippen LogP contribution in [0.4, 0.5) is 0 Å². The lowest BCUT2D eigenvalue weighted by Gasteiger charge is -2.04. The quantitative estimate of drug-likeness (QED) is 0.159. The van der Waals surface area contributed by atoms with Crippen LogP contribution in [0.2, 0.25) is 0 Å². The van der Waals surface area contributed by atoms with Crippen LogP contribution in [-0.2, 0) is 28.9 Å². The molecule has 0 unspecified atom stereocenters. The van der Waals surface area contributed by atoms with Gasteiger partial charge in [0.15, 0.2) is 0 Å². The molecule has 0 saturated heterocycles. The zero-order valence-electron chi connectivity index (χ0n) is 9.28. The van der Waals surface area contributed by atoms with Gasteiger partial charge in [-0.15, -0.1) is 0 Å². The van der Waals surface area contributed by atoms with E-state index in [2.05, 4.69) is 21.1 Å². The molecule has 90 valence electrons. The van der Waals surface area contributed by atoms with Crippen molar-refractivity contribution in [3.8, 4) is 0 Å². The smallest absolute Gasteiger partial charge is 0.349 e. The number of Topliss-reactive ketones (excluding diaryl/α,β-unsaturated/α-hetero) is 1. The molecule has 0 N–H and O–H groups in total. The third kappa shape index (κ3) is 7.69. The van der Waals surface area contributed by atoms with E-state index in [-0.39, 0.29) is 31.0 Å². The second kappa shape index (κ2) is 7.58. The van der Waals surface area contributed by atoms with E-state index in [1.54, 1.807) is 0 Å². The third-order valence-electron chi connectivity index (χ3n) is 1.29. The number of rotatable bonds is 7. The van der Waals surface area contributed by atoms with Gasteiger partial charge in [0, 0.05) is 5.57 Å². The van der Waals surface area contributed by atoms with Crippen LogP contribution in [0.3, 0.4) is 0 Å². The molecule has 6 heteroatoms. The van der Waals surface area contributed by atoms with Crippen molar-refractivity contribution in [3.63, 3.8) is 0 Å². The van der Waals surface area contributed by atoms with E-state index in [1.807, 2.05) is 0 Å². The number of hydrogen-bond donors (Lipinski definition) is 0. The van der Waals surface area contributed by atoms with Gasteiger partial charge in [0.25, 0.3) is 0 Å². The number of carbonyl (C=O) groups is 3. The lowest BCUT2D eigenvalue weighted by Crippen LogP contribution is -2.14. The Morgan fingerprint density at radius 1 is 1.12 bits per heavy atom. The van der Waals surface area contributed by atoms with E-state index in [4.69, 9.17) is 0 Å². The Labute approximate surface area is 93.1 Å². The zero-order chi connectivity index (χ0) is 12.6. The van der Waals surface area contributed by atoms with Crippen LogP contribution >= 0.6 is 0 Å². The van der Waals surface area contributed by atoms with Crippen molar-refractivity contribution in [1.82, 2.24) is 0 Å². The molecule has 0 radical (unpaired) electrons. The van der Waals surface area contributed by atoms with E-state index >= 15 is 0 Å². The molecule has 0 atom stereocenters. The Morgan fingerprint density at radius 2 is 1.75 bits per heavy atom. The minimum Gasteiger partial charge on any atom is -0.460 e. The van der Waals surface area contributed by atoms with Crippen LogP contribution in [-0.4, -0.2) is 30.9 Å². The molecule has 0 heterocycles. The highest BCUT2D eigenvalue weighted by molar-refractivity contribution is 5.93. The summed E-state index contributed by atoms with van der Waals surface area (Å²) in [5, 5.41) is 0. The van der Waals surface area contributed by atoms with Crippen LogP contribution in [0, 0.1) is 0 Å². The summed E-state index contributed by atoms with van der Waals surface area (Å²) in [6, 6.07) is 0. The molecule has 0 aliphatic carbocycles. The molecule has 0 aromatic heterocycles. The number of ketones is 1. The highest BCUT2D eigenvalue weighted by atomic mass is 17.2. The predicted molar refractivity (Wildman–Crippen MR) is 53.1 cm³/mol. The van der Waals surface area contributed by atoms with E-state index in [9.17, 15) is 14.4 Å². The van der Waals surface area contributed by atoms with Gasteiger partial charge in [0.2, 0.25) is 0 Å². The molecule has 6 nitrogen and oxygen atoms in total. The van der Waals surface area contributed by atoms with Crippen LogP contribution < -0.4 is 0 Å². The Bertz CT molecular complexity index is 294. The number of hydrogen-bond acceptors (Lipinski definition) is 6. The van der Waals surface area contributed by atoms with Gasteiger partial charge in [0.1, 0.15) is 25.4 Å². The second-order valence-electron chi connectivity index (χ2n) is 3.07. The summed E-state index contributed by atoms with van der Waals surface area (Å²) in [6.07, 6.45) is -0.342. The summed E-state index contributed by atoms with van der Waals surface area (Å²) >= 11 is 0. The van der Waals surface area contributed by atoms with Crippen LogP contribution in [0.15, 0.2) is 12.2 Å². The molecule has 0 bridgehead atoms. The first-order valence-corrected chi connectivity index (χ1v) is 4.58. The Kier molecular flexibility index (Phi) is 6.78. The van der Waals surface area contributed by atoms with Crippen molar-refractivity contribution >= 4 is 17.7 Å². The zero-order valence-corrected chi connectivity index (χ0v) is 9.28. The Hall–Kier alpha value is -1.69. The summed E-state index contributed by atoms with van der Waals surface area (Å²) in [4.78, 5) is 40.7. The Morgan fingerprint density at radius 3 is 2.25 bits per heavy atom. The lowest BCUT2D eigenvalue weighted by molar-refractivity contribution is -0.275. The first-order chi connectivity index (χ1) is 7.43. The molecule has 0 aliphatic rings. The first-order valence-electron chi connectivity index (χ1n) is 4.58. The fourth-order valence-corrected chi connectivity index (χ4v) is 0.632. The Balaban J connectivity index is 3.47. The maximum atomic E-state index is 10.9. The van der Waals surface area contributed by atoms with Gasteiger partial charge in [-0.1, -0.05) is 6.58 Å². The van der Waals surface area contributed by atoms with Gasteiger partial charge in [-0.05, 0) is 13.8 Å². The van der Waals surface area contributed by atoms with Gasteiger partial charge >= 0.3 is 11.9 Å². The summed E-state index contributed by atoms with van der Waals surface area (Å²) < 4.78 is 4.64. The fourth-order valence-electron chi connectivity index (χ4n) is 0.632. The SMILES string of the molecule is C=C(C)C(=O)OCCOOC(=O)CC(C)=O. The van der Waals surface area contributed by atoms with E-state index < -0.39 is 11.9 Å². The number of carbonyl (C=O) groups excluding carboxylic acids is 3. The van der Waals surface area contributed by atoms with Crippen LogP contribution in [0.5, 0.6) is 0 Å². The van der Waals surface area contributed by atoms with Gasteiger partial charge in [-0.3, -0.25) is 9.68 Å². The lowest BCUT2D eigenvalue weighted by atomic mass is 10.3. The van der Waals surface area contributed by atoms with E-state index in [1.165, 1.54) is 13.8 Å². The predicted octanol–water partition coefficient (Wildman–Crippen LogP) is 0.560. The molecule has 0 saturated carbocycles. The van der Waals surface area contributed by atoms with E-state index in [0.717, 1.165) is 0 Å². The second-order valence-corrected chi connectivity index (χ2v) is 3.07. The first kappa shape index (κ1) is 14.3. The van der Waals surface area contributed by atoms with Crippen LogP contribution in [0.25, 0.3) is 0 Å². The average Bonchev–Trinajstić information content (AvgIpc) is 2.15. The summed E-state index contributed by atoms with van der Waals surface area (Å²) in [5.41, 5.74) is 0.272. The number of ether oxygens (including phenoxy) is 1. The molecule has 0 aliphatic heterocycles. The van der Waals surface area contributed by atoms with E-state index in [0.29, 0.717) is 0 Å². The van der Waals surface area contributed by atoms with Gasteiger partial charge in [-0.2, -0.15) is 4.89 Å². The topological polar surface area (TPSA) is 78.9 Å². The summed E-state index contributed by atoms with van der Waals surface area (Å²) in [6.45, 7) is 6.00. The van der Waals surface area contributed by atoms with Gasteiger partial charge in [-0.25, -0.2) is 9.59 Å². The maximum Gasteiger partial charge on any atom is 0.349 e. The maximum absolute atomic E-state index is 10.9. The standard InChI is InChI=1S/C10H14O6/c1-7(2)10(13)14-4-5-15-16-9(12)6-8(3)11/h1,4-6H2,2-3H3. The minimum atomic E-state index is -0.779. The molecule has 0 fully saturated rings. The van der Waals surface area contributed by atoms with Crippen molar-refractivity contribution in [2.45, 2.75) is 20.3 Å². The molecule has 0 aromatic carbocycles. The molecular weight excluding hydrogens is 216 g/mol. The highest BCUT2D eigenvalue weighted by Gasteiger charge is 2.08. The van der Waals surface area contributed by atoms with Crippen molar-refractivity contribution in [1.29, 1.82) is 0 Å². The van der Waals surface area contributed by atoms with Crippen molar-refractivity contribution < 1.29 is 28.9 Å². The molecule has 0 amide bonds. The minimum absolute atomic E-state index is 0.0565. The fraction of sp³-hybridized carbons (Fsp3) is 0.500. The highest BCUT2D eigenvalue weighted by Crippen LogP contribution is 1.93. The van der Waals surface area contributed by atoms with Crippen molar-refractivity contribution in [3.05, 3.63) is 12.2 Å². The largest absolute Gasteiger partial charge is 0.460 e. The van der Waals surface area contributed by atoms with Crippen LogP contribution in [0.1, 0.15) is 20.3 Å². The molecule has 16 heavy (non-hydrogen) atoms. The average molecular weight is 230 g/mol. The van der Waals surface area contributed by atoms with Crippen molar-refractivity contribution in [2.24, 2.45) is 0 Å². The molecule has 0 rings (SSSR count). The van der Waals surface area contributed by atoms with Gasteiger partial charge < -0.3 is 4.74 Å². The normalized spacial score (nSPS) is 9.38. The van der Waals surface area contributed by atoms with Gasteiger partial charge in [0.05, 0.1) is 0 Å². The van der Waals surface area contributed by atoms with Crippen molar-refractivity contribution in [2.75, 3.05) is 13.2 Å². The monoisotopic (exact) mass is 230 g/mol. The third-order valence-corrected chi connectivity index (χ3v) is 1.29. The summed E-state index contributed by atoms with van der Waals surface area (Å²) in [5.74, 6) is -1.64. The molecular formula is C10H14O6. The molecule has 0 aromatic rings. The number of esters is 1. The summed E-state index contributed by atoms with van der Waals surface area (Å²) in [7, 11) is 0.